The molecule has 0 unspecified atom stereocenters. The average molecular weight is 769 g/mol. The SMILES string of the molecule is c1ccc(N(c2cccnc2)c2ccc3c(-c4ccc5ccccc5c4)c4cc(N(c5cccnc5)c5ccccn5)ccc4c(-c4ccc5ccccc5c4)c3c2)nc1. The predicted octanol–water partition coefficient (Wildman–Crippen LogP) is 14.2. The van der Waals surface area contributed by atoms with Crippen LogP contribution in [-0.4, -0.2) is 19.9 Å². The maximum Gasteiger partial charge on any atom is 0.137 e. The Kier molecular flexibility index (Phi) is 8.71. The van der Waals surface area contributed by atoms with Gasteiger partial charge in [-0.05, 0) is 150 Å². The van der Waals surface area contributed by atoms with Gasteiger partial charge >= 0.3 is 0 Å². The van der Waals surface area contributed by atoms with Crippen molar-refractivity contribution in [3.8, 4) is 22.3 Å². The van der Waals surface area contributed by atoms with E-state index in [1.807, 2.05) is 73.3 Å². The van der Waals surface area contributed by atoms with Gasteiger partial charge in [0.05, 0.1) is 23.8 Å². The second-order valence-electron chi connectivity index (χ2n) is 14.8. The molecule has 60 heavy (non-hydrogen) atoms. The molecule has 11 aromatic rings. The molecule has 0 spiro atoms. The molecule has 4 aromatic heterocycles. The summed E-state index contributed by atoms with van der Waals surface area (Å²) in [5, 5.41) is 9.31. The number of aromatic nitrogens is 4. The van der Waals surface area contributed by atoms with E-state index in [9.17, 15) is 0 Å². The number of hydrogen-bond donors (Lipinski definition) is 0. The van der Waals surface area contributed by atoms with E-state index in [-0.39, 0.29) is 0 Å². The first-order chi connectivity index (χ1) is 29.8. The summed E-state index contributed by atoms with van der Waals surface area (Å²) < 4.78 is 0. The van der Waals surface area contributed by atoms with Crippen LogP contribution in [0.15, 0.2) is 219 Å². The molecule has 0 aliphatic rings. The molecule has 0 bridgehead atoms. The number of rotatable bonds is 8. The van der Waals surface area contributed by atoms with Crippen LogP contribution in [0, 0.1) is 0 Å². The summed E-state index contributed by atoms with van der Waals surface area (Å²) in [7, 11) is 0. The van der Waals surface area contributed by atoms with Gasteiger partial charge < -0.3 is 0 Å². The Bertz CT molecular complexity index is 3020. The van der Waals surface area contributed by atoms with Crippen LogP contribution in [0.4, 0.5) is 34.4 Å². The zero-order chi connectivity index (χ0) is 39.8. The van der Waals surface area contributed by atoms with Gasteiger partial charge in [0.2, 0.25) is 0 Å². The Labute approximate surface area is 347 Å². The zero-order valence-corrected chi connectivity index (χ0v) is 32.5. The molecule has 0 saturated carbocycles. The minimum Gasteiger partial charge on any atom is -0.293 e. The summed E-state index contributed by atoms with van der Waals surface area (Å²) in [5.74, 6) is 1.62. The van der Waals surface area contributed by atoms with Crippen molar-refractivity contribution < 1.29 is 0 Å². The van der Waals surface area contributed by atoms with E-state index in [0.29, 0.717) is 0 Å². The molecule has 0 fully saturated rings. The van der Waals surface area contributed by atoms with Crippen LogP contribution in [0.1, 0.15) is 0 Å². The normalized spacial score (nSPS) is 11.3. The summed E-state index contributed by atoms with van der Waals surface area (Å²) in [5.41, 5.74) is 8.39. The van der Waals surface area contributed by atoms with Gasteiger partial charge in [-0.15, -0.1) is 0 Å². The number of fused-ring (bicyclic) bond motifs is 4. The molecular formula is C54H36N6. The van der Waals surface area contributed by atoms with E-state index in [1.54, 1.807) is 12.4 Å². The molecule has 0 aliphatic carbocycles. The van der Waals surface area contributed by atoms with Gasteiger partial charge in [0.25, 0.3) is 0 Å². The fourth-order valence-electron chi connectivity index (χ4n) is 8.57. The fourth-order valence-corrected chi connectivity index (χ4v) is 8.57. The molecule has 4 heterocycles. The van der Waals surface area contributed by atoms with E-state index in [4.69, 9.17) is 9.97 Å². The van der Waals surface area contributed by atoms with Crippen molar-refractivity contribution in [2.24, 2.45) is 0 Å². The molecule has 7 aromatic carbocycles. The van der Waals surface area contributed by atoms with Gasteiger partial charge in [0.15, 0.2) is 0 Å². The minimum absolute atomic E-state index is 0.808. The molecule has 0 amide bonds. The highest BCUT2D eigenvalue weighted by Crippen LogP contribution is 2.48. The van der Waals surface area contributed by atoms with Crippen molar-refractivity contribution in [3.05, 3.63) is 219 Å². The first kappa shape index (κ1) is 35.0. The number of benzene rings is 7. The molecule has 6 heteroatoms. The lowest BCUT2D eigenvalue weighted by molar-refractivity contribution is 1.16. The van der Waals surface area contributed by atoms with Crippen molar-refractivity contribution in [3.63, 3.8) is 0 Å². The predicted molar refractivity (Wildman–Crippen MR) is 248 cm³/mol. The van der Waals surface area contributed by atoms with Gasteiger partial charge in [0, 0.05) is 36.2 Å². The van der Waals surface area contributed by atoms with E-state index in [2.05, 4.69) is 153 Å². The van der Waals surface area contributed by atoms with E-state index in [0.717, 1.165) is 78.2 Å². The second-order valence-corrected chi connectivity index (χ2v) is 14.8. The highest BCUT2D eigenvalue weighted by molar-refractivity contribution is 6.23. The second kappa shape index (κ2) is 14.9. The van der Waals surface area contributed by atoms with Crippen molar-refractivity contribution in [2.45, 2.75) is 0 Å². The van der Waals surface area contributed by atoms with Gasteiger partial charge in [-0.2, -0.15) is 0 Å². The number of nitrogens with zero attached hydrogens (tertiary/aromatic N) is 6. The van der Waals surface area contributed by atoms with Crippen LogP contribution in [0.3, 0.4) is 0 Å². The van der Waals surface area contributed by atoms with Crippen molar-refractivity contribution >= 4 is 77.5 Å². The zero-order valence-electron chi connectivity index (χ0n) is 32.5. The van der Waals surface area contributed by atoms with Crippen LogP contribution in [0.25, 0.3) is 65.3 Å². The maximum atomic E-state index is 4.83. The van der Waals surface area contributed by atoms with Crippen LogP contribution in [0.2, 0.25) is 0 Å². The van der Waals surface area contributed by atoms with E-state index in [1.165, 1.54) is 21.5 Å². The lowest BCUT2D eigenvalue weighted by atomic mass is 9.84. The van der Waals surface area contributed by atoms with Crippen molar-refractivity contribution in [2.75, 3.05) is 9.80 Å². The monoisotopic (exact) mass is 768 g/mol. The van der Waals surface area contributed by atoms with Crippen LogP contribution < -0.4 is 9.80 Å². The molecule has 11 rings (SSSR count). The molecular weight excluding hydrogens is 733 g/mol. The Morgan fingerprint density at radius 1 is 0.300 bits per heavy atom. The van der Waals surface area contributed by atoms with Crippen molar-refractivity contribution in [1.82, 2.24) is 19.9 Å². The third-order valence-corrected chi connectivity index (χ3v) is 11.2. The molecule has 0 atom stereocenters. The Hall–Kier alpha value is -8.22. The summed E-state index contributed by atoms with van der Waals surface area (Å²) >= 11 is 0. The number of pyridine rings is 4. The van der Waals surface area contributed by atoms with Gasteiger partial charge in [-0.1, -0.05) is 97.1 Å². The third kappa shape index (κ3) is 6.24. The van der Waals surface area contributed by atoms with Gasteiger partial charge in [-0.3, -0.25) is 19.8 Å². The Morgan fingerprint density at radius 3 is 1.17 bits per heavy atom. The molecule has 6 nitrogen and oxygen atoms in total. The lowest BCUT2D eigenvalue weighted by Gasteiger charge is -2.27. The number of anilines is 6. The first-order valence-electron chi connectivity index (χ1n) is 20.0. The minimum atomic E-state index is 0.808. The first-order valence-corrected chi connectivity index (χ1v) is 20.0. The van der Waals surface area contributed by atoms with E-state index >= 15 is 0 Å². The molecule has 0 aliphatic heterocycles. The van der Waals surface area contributed by atoms with Crippen LogP contribution >= 0.6 is 0 Å². The number of hydrogen-bond acceptors (Lipinski definition) is 6. The van der Waals surface area contributed by atoms with Gasteiger partial charge in [-0.25, -0.2) is 9.97 Å². The quantitative estimate of drug-likeness (QED) is 0.144. The smallest absolute Gasteiger partial charge is 0.137 e. The fraction of sp³-hybridized carbons (Fsp3) is 0. The molecule has 282 valence electrons. The topological polar surface area (TPSA) is 58.0 Å². The van der Waals surface area contributed by atoms with E-state index < -0.39 is 0 Å². The van der Waals surface area contributed by atoms with Crippen LogP contribution in [-0.2, 0) is 0 Å². The molecule has 0 radical (unpaired) electrons. The lowest BCUT2D eigenvalue weighted by Crippen LogP contribution is -2.12. The summed E-state index contributed by atoms with van der Waals surface area (Å²) in [4.78, 5) is 23.1. The molecule has 0 N–H and O–H groups in total. The molecule has 0 saturated heterocycles. The standard InChI is InChI=1S/C54H36N6/c1-3-13-39-31-41(21-19-37(39)11-1)53-47-25-23-44(60(46-16-10-28-56-36-46)52-18-6-8-30-58-52)34-50(47)54(42-22-20-38-12-2-4-14-40(38)32-42)48-26-24-43(33-49(48)53)59(45-15-9-27-55-35-45)51-17-5-7-29-57-51/h1-36H. The van der Waals surface area contributed by atoms with Crippen molar-refractivity contribution in [1.29, 1.82) is 0 Å². The highest BCUT2D eigenvalue weighted by atomic mass is 15.2. The largest absolute Gasteiger partial charge is 0.293 e. The third-order valence-electron chi connectivity index (χ3n) is 11.2. The van der Waals surface area contributed by atoms with Crippen LogP contribution in [0.5, 0.6) is 0 Å². The maximum absolute atomic E-state index is 4.83. The highest BCUT2D eigenvalue weighted by Gasteiger charge is 2.23. The Morgan fingerprint density at radius 2 is 0.750 bits per heavy atom. The Balaban J connectivity index is 1.27. The summed E-state index contributed by atoms with van der Waals surface area (Å²) in [6, 6.07) is 64.6. The average Bonchev–Trinajstić information content (AvgIpc) is 3.32. The summed E-state index contributed by atoms with van der Waals surface area (Å²) in [6.45, 7) is 0. The summed E-state index contributed by atoms with van der Waals surface area (Å²) in [6.07, 6.45) is 11.1. The van der Waals surface area contributed by atoms with Gasteiger partial charge in [0.1, 0.15) is 11.6 Å².